The molecule has 0 bridgehead atoms. The third-order valence-corrected chi connectivity index (χ3v) is 4.87. The number of hydrogen-bond acceptors (Lipinski definition) is 6. The molecule has 0 radical (unpaired) electrons. The van der Waals surface area contributed by atoms with Crippen molar-refractivity contribution in [1.29, 1.82) is 0 Å². The van der Waals surface area contributed by atoms with E-state index in [-0.39, 0.29) is 6.09 Å². The van der Waals surface area contributed by atoms with Gasteiger partial charge >= 0.3 is 6.09 Å². The van der Waals surface area contributed by atoms with Crippen LogP contribution in [0.1, 0.15) is 6.92 Å². The molecule has 7 nitrogen and oxygen atoms in total. The highest BCUT2D eigenvalue weighted by Gasteiger charge is 2.25. The SMILES string of the molecule is CCOC(=O)N1CCN(c2nc3nc(N)ccc3cc2-c2ccccc2)CC1. The van der Waals surface area contributed by atoms with Gasteiger partial charge in [0.25, 0.3) is 0 Å². The van der Waals surface area contributed by atoms with Gasteiger partial charge in [-0.05, 0) is 30.7 Å². The Morgan fingerprint density at radius 1 is 1.07 bits per heavy atom. The number of amides is 1. The lowest BCUT2D eigenvalue weighted by molar-refractivity contribution is 0.105. The van der Waals surface area contributed by atoms with E-state index in [0.29, 0.717) is 44.3 Å². The summed E-state index contributed by atoms with van der Waals surface area (Å²) in [5.41, 5.74) is 8.63. The van der Waals surface area contributed by atoms with Crippen LogP contribution in [0.25, 0.3) is 22.2 Å². The van der Waals surface area contributed by atoms with Crippen molar-refractivity contribution >= 4 is 28.8 Å². The van der Waals surface area contributed by atoms with Crippen molar-refractivity contribution in [3.8, 4) is 11.1 Å². The molecule has 1 aromatic carbocycles. The highest BCUT2D eigenvalue weighted by Crippen LogP contribution is 2.32. The maximum Gasteiger partial charge on any atom is 0.409 e. The van der Waals surface area contributed by atoms with Crippen molar-refractivity contribution in [3.63, 3.8) is 0 Å². The van der Waals surface area contributed by atoms with E-state index in [2.05, 4.69) is 28.1 Å². The molecule has 1 saturated heterocycles. The van der Waals surface area contributed by atoms with Gasteiger partial charge in [0.2, 0.25) is 0 Å². The van der Waals surface area contributed by atoms with Gasteiger partial charge in [-0.3, -0.25) is 0 Å². The summed E-state index contributed by atoms with van der Waals surface area (Å²) in [5.74, 6) is 1.31. The first kappa shape index (κ1) is 18.0. The Hall–Kier alpha value is -3.35. The van der Waals surface area contributed by atoms with Gasteiger partial charge < -0.3 is 20.3 Å². The van der Waals surface area contributed by atoms with Gasteiger partial charge in [0.15, 0.2) is 5.65 Å². The lowest BCUT2D eigenvalue weighted by atomic mass is 10.0. The molecule has 1 aliphatic heterocycles. The predicted molar refractivity (Wildman–Crippen MR) is 110 cm³/mol. The predicted octanol–water partition coefficient (Wildman–Crippen LogP) is 3.16. The Balaban J connectivity index is 1.70. The van der Waals surface area contributed by atoms with Crippen LogP contribution >= 0.6 is 0 Å². The Kier molecular flexibility index (Phi) is 4.97. The number of pyridine rings is 2. The minimum atomic E-state index is -0.258. The van der Waals surface area contributed by atoms with Crippen molar-refractivity contribution in [2.45, 2.75) is 6.92 Å². The number of ether oxygens (including phenoxy) is 1. The van der Waals surface area contributed by atoms with Crippen LogP contribution in [0.2, 0.25) is 0 Å². The van der Waals surface area contributed by atoms with Gasteiger partial charge in [-0.2, -0.15) is 0 Å². The number of anilines is 2. The zero-order valence-corrected chi connectivity index (χ0v) is 15.8. The summed E-state index contributed by atoms with van der Waals surface area (Å²) in [6, 6.07) is 16.0. The van der Waals surface area contributed by atoms with Crippen LogP contribution in [-0.2, 0) is 4.74 Å². The molecule has 28 heavy (non-hydrogen) atoms. The van der Waals surface area contributed by atoms with Crippen molar-refractivity contribution in [3.05, 3.63) is 48.5 Å². The number of hydrogen-bond donors (Lipinski definition) is 1. The number of nitrogens with two attached hydrogens (primary N) is 1. The normalized spacial score (nSPS) is 14.3. The third kappa shape index (κ3) is 3.55. The van der Waals surface area contributed by atoms with Gasteiger partial charge in [-0.1, -0.05) is 30.3 Å². The Morgan fingerprint density at radius 3 is 2.54 bits per heavy atom. The van der Waals surface area contributed by atoms with Gasteiger partial charge in [-0.15, -0.1) is 0 Å². The van der Waals surface area contributed by atoms with E-state index in [0.717, 1.165) is 22.3 Å². The minimum absolute atomic E-state index is 0.258. The topological polar surface area (TPSA) is 84.6 Å². The van der Waals surface area contributed by atoms with E-state index < -0.39 is 0 Å². The second-order valence-corrected chi connectivity index (χ2v) is 6.68. The molecule has 1 fully saturated rings. The van der Waals surface area contributed by atoms with Gasteiger partial charge in [0, 0.05) is 37.1 Å². The minimum Gasteiger partial charge on any atom is -0.450 e. The zero-order valence-electron chi connectivity index (χ0n) is 15.8. The molecule has 7 heteroatoms. The third-order valence-electron chi connectivity index (χ3n) is 4.87. The highest BCUT2D eigenvalue weighted by atomic mass is 16.6. The fraction of sp³-hybridized carbons (Fsp3) is 0.286. The average molecular weight is 377 g/mol. The van der Waals surface area contributed by atoms with Gasteiger partial charge in [0.1, 0.15) is 11.6 Å². The Morgan fingerprint density at radius 2 is 1.82 bits per heavy atom. The molecule has 4 rings (SSSR count). The van der Waals surface area contributed by atoms with E-state index in [1.165, 1.54) is 0 Å². The quantitative estimate of drug-likeness (QED) is 0.755. The van der Waals surface area contributed by atoms with Crippen LogP contribution in [0.3, 0.4) is 0 Å². The molecular weight excluding hydrogens is 354 g/mol. The van der Waals surface area contributed by atoms with Crippen LogP contribution in [0.4, 0.5) is 16.4 Å². The zero-order chi connectivity index (χ0) is 19.5. The summed E-state index contributed by atoms with van der Waals surface area (Å²) >= 11 is 0. The standard InChI is InChI=1S/C21H23N5O2/c1-2-28-21(27)26-12-10-25(11-13-26)20-17(15-6-4-3-5-7-15)14-16-8-9-18(22)23-19(16)24-20/h3-9,14H,2,10-13H2,1H3,(H2,22,23,24). The second kappa shape index (κ2) is 7.72. The monoisotopic (exact) mass is 377 g/mol. The summed E-state index contributed by atoms with van der Waals surface area (Å²) in [5, 5.41) is 0.946. The Bertz CT molecular complexity index is 985. The maximum absolute atomic E-state index is 12.0. The average Bonchev–Trinajstić information content (AvgIpc) is 2.73. The smallest absolute Gasteiger partial charge is 0.409 e. The molecule has 0 unspecified atom stereocenters. The van der Waals surface area contributed by atoms with Crippen molar-refractivity contribution < 1.29 is 9.53 Å². The largest absolute Gasteiger partial charge is 0.450 e. The molecule has 2 N–H and O–H groups in total. The van der Waals surface area contributed by atoms with Gasteiger partial charge in [-0.25, -0.2) is 14.8 Å². The van der Waals surface area contributed by atoms with Crippen LogP contribution in [0, 0.1) is 0 Å². The van der Waals surface area contributed by atoms with Crippen LogP contribution < -0.4 is 10.6 Å². The maximum atomic E-state index is 12.0. The summed E-state index contributed by atoms with van der Waals surface area (Å²) in [4.78, 5) is 25.2. The van der Waals surface area contributed by atoms with Crippen LogP contribution in [-0.4, -0.2) is 53.7 Å². The number of piperazine rings is 1. The number of aromatic nitrogens is 2. The number of benzene rings is 1. The summed E-state index contributed by atoms with van der Waals surface area (Å²) in [6.07, 6.45) is -0.258. The molecule has 0 aliphatic carbocycles. The van der Waals surface area contributed by atoms with E-state index in [1.54, 1.807) is 11.0 Å². The first-order valence-corrected chi connectivity index (χ1v) is 9.45. The van der Waals surface area contributed by atoms with Crippen molar-refractivity contribution in [2.24, 2.45) is 0 Å². The van der Waals surface area contributed by atoms with Crippen LogP contribution in [0.5, 0.6) is 0 Å². The van der Waals surface area contributed by atoms with Crippen LogP contribution in [0.15, 0.2) is 48.5 Å². The first-order chi connectivity index (χ1) is 13.7. The van der Waals surface area contributed by atoms with E-state index in [1.807, 2.05) is 31.2 Å². The molecular formula is C21H23N5O2. The highest BCUT2D eigenvalue weighted by molar-refractivity contribution is 5.88. The van der Waals surface area contributed by atoms with Crippen molar-refractivity contribution in [1.82, 2.24) is 14.9 Å². The van der Waals surface area contributed by atoms with E-state index in [9.17, 15) is 4.79 Å². The lowest BCUT2D eigenvalue weighted by Gasteiger charge is -2.35. The molecule has 0 spiro atoms. The fourth-order valence-electron chi connectivity index (χ4n) is 3.44. The fourth-order valence-corrected chi connectivity index (χ4v) is 3.44. The molecule has 3 aromatic rings. The number of nitrogens with zero attached hydrogens (tertiary/aromatic N) is 4. The summed E-state index contributed by atoms with van der Waals surface area (Å²) in [6.45, 7) is 4.75. The Labute approximate surface area is 163 Å². The van der Waals surface area contributed by atoms with Gasteiger partial charge in [0.05, 0.1) is 6.61 Å². The lowest BCUT2D eigenvalue weighted by Crippen LogP contribution is -2.49. The number of rotatable bonds is 3. The second-order valence-electron chi connectivity index (χ2n) is 6.68. The van der Waals surface area contributed by atoms with Crippen molar-refractivity contribution in [2.75, 3.05) is 43.4 Å². The summed E-state index contributed by atoms with van der Waals surface area (Å²) in [7, 11) is 0. The number of nitrogen functional groups attached to an aromatic ring is 1. The van der Waals surface area contributed by atoms with E-state index >= 15 is 0 Å². The molecule has 3 heterocycles. The molecule has 2 aromatic heterocycles. The molecule has 1 aliphatic rings. The number of carbonyl (C=O) groups excluding carboxylic acids is 1. The summed E-state index contributed by atoms with van der Waals surface area (Å²) < 4.78 is 5.12. The number of fused-ring (bicyclic) bond motifs is 1. The molecule has 0 saturated carbocycles. The molecule has 0 atom stereocenters. The number of carbonyl (C=O) groups is 1. The molecule has 144 valence electrons. The molecule has 1 amide bonds. The first-order valence-electron chi connectivity index (χ1n) is 9.45. The van der Waals surface area contributed by atoms with E-state index in [4.69, 9.17) is 15.5 Å².